The molecule has 3 aromatic carbocycles. The molecule has 0 N–H and O–H groups in total. The van der Waals surface area contributed by atoms with Crippen LogP contribution in [-0.2, 0) is 19.4 Å². The van der Waals surface area contributed by atoms with E-state index in [1.165, 1.54) is 21.5 Å². The Morgan fingerprint density at radius 2 is 1.00 bits per heavy atom. The monoisotopic (exact) mass is 501 g/mol. The quantitative estimate of drug-likeness (QED) is 0.223. The molecule has 0 fully saturated rings. The lowest BCUT2D eigenvalue weighted by atomic mass is 10.1. The second-order valence-corrected chi connectivity index (χ2v) is 11.2. The SMILES string of the molecule is c1ccc(P(c2ccccc2)c2ccccc2CN(CCc2ccccn2)CCc2ccccn2)cc1. The van der Waals surface area contributed by atoms with Gasteiger partial charge in [-0.2, -0.15) is 0 Å². The zero-order valence-corrected chi connectivity index (χ0v) is 21.9. The molecule has 2 heterocycles. The Balaban J connectivity index is 1.44. The zero-order chi connectivity index (χ0) is 25.1. The largest absolute Gasteiger partial charge is 0.298 e. The van der Waals surface area contributed by atoms with Crippen LogP contribution in [-0.4, -0.2) is 28.0 Å². The van der Waals surface area contributed by atoms with Crippen molar-refractivity contribution in [3.8, 4) is 0 Å². The van der Waals surface area contributed by atoms with Crippen LogP contribution in [0, 0.1) is 0 Å². The predicted octanol–water partition coefficient (Wildman–Crippen LogP) is 5.52. The lowest BCUT2D eigenvalue weighted by molar-refractivity contribution is 0.271. The van der Waals surface area contributed by atoms with E-state index < -0.39 is 7.92 Å². The van der Waals surface area contributed by atoms with Crippen LogP contribution in [0.1, 0.15) is 17.0 Å². The number of rotatable bonds is 11. The molecule has 184 valence electrons. The van der Waals surface area contributed by atoms with E-state index in [2.05, 4.69) is 124 Å². The summed E-state index contributed by atoms with van der Waals surface area (Å²) in [5.41, 5.74) is 3.66. The number of aromatic nitrogens is 2. The van der Waals surface area contributed by atoms with Gasteiger partial charge in [-0.25, -0.2) is 0 Å². The fourth-order valence-electron chi connectivity index (χ4n) is 4.59. The van der Waals surface area contributed by atoms with Crippen LogP contribution in [0.4, 0.5) is 0 Å². The van der Waals surface area contributed by atoms with E-state index in [9.17, 15) is 0 Å². The number of pyridine rings is 2. The lowest BCUT2D eigenvalue weighted by Crippen LogP contribution is -2.32. The van der Waals surface area contributed by atoms with Crippen LogP contribution in [0.15, 0.2) is 134 Å². The highest BCUT2D eigenvalue weighted by Crippen LogP contribution is 2.34. The van der Waals surface area contributed by atoms with Crippen LogP contribution in [0.5, 0.6) is 0 Å². The molecule has 0 spiro atoms. The number of hydrogen-bond donors (Lipinski definition) is 0. The fourth-order valence-corrected chi connectivity index (χ4v) is 7.05. The van der Waals surface area contributed by atoms with Crippen LogP contribution in [0.3, 0.4) is 0 Å². The summed E-state index contributed by atoms with van der Waals surface area (Å²) < 4.78 is 0. The van der Waals surface area contributed by atoms with Crippen molar-refractivity contribution in [2.24, 2.45) is 0 Å². The van der Waals surface area contributed by atoms with Gasteiger partial charge in [-0.05, 0) is 53.7 Å². The molecule has 0 aliphatic carbocycles. The molecular formula is C33H32N3P. The minimum Gasteiger partial charge on any atom is -0.298 e. The third-order valence-corrected chi connectivity index (χ3v) is 9.02. The average molecular weight is 502 g/mol. The van der Waals surface area contributed by atoms with Crippen LogP contribution >= 0.6 is 7.92 Å². The first-order valence-electron chi connectivity index (χ1n) is 12.9. The van der Waals surface area contributed by atoms with Gasteiger partial charge in [-0.1, -0.05) is 97.1 Å². The molecule has 0 atom stereocenters. The summed E-state index contributed by atoms with van der Waals surface area (Å²) >= 11 is 0. The van der Waals surface area contributed by atoms with Crippen molar-refractivity contribution in [3.63, 3.8) is 0 Å². The van der Waals surface area contributed by atoms with Gasteiger partial charge in [-0.3, -0.25) is 14.9 Å². The van der Waals surface area contributed by atoms with Crippen molar-refractivity contribution in [1.82, 2.24) is 14.9 Å². The first-order chi connectivity index (χ1) is 18.4. The summed E-state index contributed by atoms with van der Waals surface area (Å²) in [6.07, 6.45) is 5.63. The standard InChI is InChI=1S/C33H32N3P/c1-3-16-31(17-4-1)37(32-18-5-2-6-19-32)33-20-8-7-13-28(33)27-36(25-21-29-14-9-11-23-34-29)26-22-30-15-10-12-24-35-30/h1-20,23-24H,21-22,25-27H2. The average Bonchev–Trinajstić information content (AvgIpc) is 2.98. The van der Waals surface area contributed by atoms with Crippen molar-refractivity contribution < 1.29 is 0 Å². The summed E-state index contributed by atoms with van der Waals surface area (Å²) in [6, 6.07) is 43.3. The summed E-state index contributed by atoms with van der Waals surface area (Å²) in [5.74, 6) is 0. The Kier molecular flexibility index (Phi) is 8.83. The molecule has 2 aromatic heterocycles. The molecule has 0 bridgehead atoms. The molecular weight excluding hydrogens is 469 g/mol. The van der Waals surface area contributed by atoms with E-state index in [1.54, 1.807) is 0 Å². The Labute approximate surface area is 221 Å². The van der Waals surface area contributed by atoms with E-state index in [1.807, 2.05) is 24.5 Å². The molecule has 3 nitrogen and oxygen atoms in total. The highest BCUT2D eigenvalue weighted by atomic mass is 31.1. The van der Waals surface area contributed by atoms with Gasteiger partial charge in [0.05, 0.1) is 0 Å². The lowest BCUT2D eigenvalue weighted by Gasteiger charge is -2.27. The molecule has 0 amide bonds. The van der Waals surface area contributed by atoms with Gasteiger partial charge in [0.15, 0.2) is 0 Å². The third kappa shape index (κ3) is 6.98. The Morgan fingerprint density at radius 3 is 1.51 bits per heavy atom. The molecule has 5 rings (SSSR count). The number of hydrogen-bond acceptors (Lipinski definition) is 3. The molecule has 5 aromatic rings. The molecule has 37 heavy (non-hydrogen) atoms. The molecule has 0 aliphatic rings. The zero-order valence-electron chi connectivity index (χ0n) is 21.0. The maximum Gasteiger partial charge on any atom is 0.0416 e. The number of nitrogens with zero attached hydrogens (tertiary/aromatic N) is 3. The van der Waals surface area contributed by atoms with Gasteiger partial charge < -0.3 is 0 Å². The van der Waals surface area contributed by atoms with E-state index in [0.29, 0.717) is 0 Å². The highest BCUT2D eigenvalue weighted by molar-refractivity contribution is 7.79. The summed E-state index contributed by atoms with van der Waals surface area (Å²) in [5, 5.41) is 4.19. The van der Waals surface area contributed by atoms with E-state index in [4.69, 9.17) is 0 Å². The first-order valence-corrected chi connectivity index (χ1v) is 14.2. The Hall–Kier alpha value is -3.65. The second-order valence-electron chi connectivity index (χ2n) is 9.05. The Morgan fingerprint density at radius 1 is 0.514 bits per heavy atom. The summed E-state index contributed by atoms with van der Waals surface area (Å²) in [4.78, 5) is 11.7. The van der Waals surface area contributed by atoms with Gasteiger partial charge in [0, 0.05) is 56.3 Å². The fraction of sp³-hybridized carbons (Fsp3) is 0.152. The summed E-state index contributed by atoms with van der Waals surface area (Å²) in [6.45, 7) is 2.80. The predicted molar refractivity (Wildman–Crippen MR) is 156 cm³/mol. The van der Waals surface area contributed by atoms with Crippen LogP contribution < -0.4 is 15.9 Å². The number of benzene rings is 3. The van der Waals surface area contributed by atoms with Crippen molar-refractivity contribution in [3.05, 3.63) is 151 Å². The van der Waals surface area contributed by atoms with E-state index in [-0.39, 0.29) is 0 Å². The van der Waals surface area contributed by atoms with Gasteiger partial charge >= 0.3 is 0 Å². The maximum absolute atomic E-state index is 4.57. The minimum absolute atomic E-state index is 0.655. The van der Waals surface area contributed by atoms with E-state index >= 15 is 0 Å². The van der Waals surface area contributed by atoms with Gasteiger partial charge in [0.1, 0.15) is 0 Å². The molecule has 0 radical (unpaired) electrons. The summed E-state index contributed by atoms with van der Waals surface area (Å²) in [7, 11) is -0.655. The van der Waals surface area contributed by atoms with E-state index in [0.717, 1.165) is 43.9 Å². The van der Waals surface area contributed by atoms with Gasteiger partial charge in [-0.15, -0.1) is 0 Å². The van der Waals surface area contributed by atoms with Crippen molar-refractivity contribution in [2.45, 2.75) is 19.4 Å². The molecule has 0 saturated heterocycles. The van der Waals surface area contributed by atoms with Crippen molar-refractivity contribution in [2.75, 3.05) is 13.1 Å². The van der Waals surface area contributed by atoms with Crippen molar-refractivity contribution >= 4 is 23.8 Å². The topological polar surface area (TPSA) is 29.0 Å². The second kappa shape index (κ2) is 13.1. The Bertz CT molecular complexity index is 1260. The third-order valence-electron chi connectivity index (χ3n) is 6.48. The smallest absolute Gasteiger partial charge is 0.0416 e. The van der Waals surface area contributed by atoms with Crippen molar-refractivity contribution in [1.29, 1.82) is 0 Å². The van der Waals surface area contributed by atoms with Crippen LogP contribution in [0.25, 0.3) is 0 Å². The maximum atomic E-state index is 4.57. The first kappa shape index (κ1) is 25.0. The highest BCUT2D eigenvalue weighted by Gasteiger charge is 2.20. The van der Waals surface area contributed by atoms with Crippen LogP contribution in [0.2, 0.25) is 0 Å². The molecule has 0 unspecified atom stereocenters. The molecule has 4 heteroatoms. The molecule has 0 saturated carbocycles. The van der Waals surface area contributed by atoms with Gasteiger partial charge in [0.2, 0.25) is 0 Å². The van der Waals surface area contributed by atoms with Gasteiger partial charge in [0.25, 0.3) is 0 Å². The normalized spacial score (nSPS) is 11.2. The molecule has 0 aliphatic heterocycles. The minimum atomic E-state index is -0.655.